The van der Waals surface area contributed by atoms with Crippen molar-refractivity contribution in [3.05, 3.63) is 0 Å². The highest BCUT2D eigenvalue weighted by Crippen LogP contribution is 2.58. The lowest BCUT2D eigenvalue weighted by Gasteiger charge is -2.56. The Kier molecular flexibility index (Phi) is 11.8. The molecule has 0 spiro atoms. The normalized spacial score (nSPS) is 14.7. The van der Waals surface area contributed by atoms with Crippen molar-refractivity contribution in [2.45, 2.75) is 130 Å². The number of rotatable bonds is 15. The van der Waals surface area contributed by atoms with Crippen LogP contribution in [0.3, 0.4) is 0 Å². The molecule has 6 heteroatoms. The molecule has 0 bridgehead atoms. The van der Waals surface area contributed by atoms with Crippen molar-refractivity contribution in [3.63, 3.8) is 0 Å². The SMILES string of the molecule is CCNC(=O)C(C)(C)C(C)(C)CN(C)OCC(C)(C)C(C)(C)C(C)(C)CC(C)(C)C(C)(C)C(=O)NC(C)C. The Balaban J connectivity index is 5.68. The molecule has 0 aliphatic carbocycles. The van der Waals surface area contributed by atoms with E-state index in [1.807, 2.05) is 46.7 Å². The summed E-state index contributed by atoms with van der Waals surface area (Å²) >= 11 is 0. The molecule has 6 nitrogen and oxygen atoms in total. The molecule has 0 heterocycles. The lowest BCUT2D eigenvalue weighted by molar-refractivity contribution is -0.210. The van der Waals surface area contributed by atoms with E-state index in [-0.39, 0.29) is 44.9 Å². The summed E-state index contributed by atoms with van der Waals surface area (Å²) in [6.07, 6.45) is 0.887. The summed E-state index contributed by atoms with van der Waals surface area (Å²) in [4.78, 5) is 32.2. The van der Waals surface area contributed by atoms with Gasteiger partial charge in [-0.15, -0.1) is 0 Å². The Hall–Kier alpha value is -1.14. The zero-order valence-corrected chi connectivity index (χ0v) is 28.6. The van der Waals surface area contributed by atoms with Crippen LogP contribution >= 0.6 is 0 Å². The molecular weight excluding hydrogens is 474 g/mol. The van der Waals surface area contributed by atoms with Gasteiger partial charge in [-0.2, -0.15) is 5.06 Å². The second-order valence-electron chi connectivity index (χ2n) is 16.1. The summed E-state index contributed by atoms with van der Waals surface area (Å²) < 4.78 is 0. The van der Waals surface area contributed by atoms with Crippen LogP contribution in [0.5, 0.6) is 0 Å². The molecule has 0 saturated heterocycles. The van der Waals surface area contributed by atoms with Crippen molar-refractivity contribution in [1.82, 2.24) is 15.7 Å². The van der Waals surface area contributed by atoms with Crippen molar-refractivity contribution >= 4 is 11.8 Å². The minimum absolute atomic E-state index is 0.0641. The highest BCUT2D eigenvalue weighted by Gasteiger charge is 2.53. The molecule has 0 saturated carbocycles. The van der Waals surface area contributed by atoms with E-state index in [9.17, 15) is 9.59 Å². The molecule has 226 valence electrons. The molecular formula is C32H65N3O3. The fourth-order valence-electron chi connectivity index (χ4n) is 5.15. The van der Waals surface area contributed by atoms with E-state index in [0.717, 1.165) is 6.42 Å². The summed E-state index contributed by atoms with van der Waals surface area (Å²) in [5.74, 6) is 0.169. The average Bonchev–Trinajstić information content (AvgIpc) is 2.70. The number of nitrogens with zero attached hydrogens (tertiary/aromatic N) is 1. The second-order valence-corrected chi connectivity index (χ2v) is 16.1. The minimum Gasteiger partial charge on any atom is -0.356 e. The summed E-state index contributed by atoms with van der Waals surface area (Å²) in [7, 11) is 1.96. The minimum atomic E-state index is -0.544. The number of amides is 2. The van der Waals surface area contributed by atoms with Crippen LogP contribution in [-0.2, 0) is 14.4 Å². The highest BCUT2D eigenvalue weighted by atomic mass is 16.7. The van der Waals surface area contributed by atoms with Gasteiger partial charge in [0.05, 0.1) is 6.61 Å². The van der Waals surface area contributed by atoms with Crippen molar-refractivity contribution in [1.29, 1.82) is 0 Å². The van der Waals surface area contributed by atoms with Gasteiger partial charge in [0.15, 0.2) is 0 Å². The Morgan fingerprint density at radius 2 is 1.16 bits per heavy atom. The Morgan fingerprint density at radius 3 is 1.58 bits per heavy atom. The van der Waals surface area contributed by atoms with Crippen molar-refractivity contribution in [2.75, 3.05) is 26.7 Å². The van der Waals surface area contributed by atoms with Gasteiger partial charge < -0.3 is 10.6 Å². The van der Waals surface area contributed by atoms with Crippen LogP contribution in [0.25, 0.3) is 0 Å². The van der Waals surface area contributed by atoms with Crippen molar-refractivity contribution < 1.29 is 14.4 Å². The van der Waals surface area contributed by atoms with Gasteiger partial charge in [-0.3, -0.25) is 14.4 Å². The molecule has 0 radical (unpaired) electrons. The largest absolute Gasteiger partial charge is 0.356 e. The Labute approximate surface area is 236 Å². The van der Waals surface area contributed by atoms with Gasteiger partial charge in [0.25, 0.3) is 0 Å². The summed E-state index contributed by atoms with van der Waals surface area (Å²) in [5.41, 5.74) is -1.95. The fourth-order valence-corrected chi connectivity index (χ4v) is 5.15. The van der Waals surface area contributed by atoms with Gasteiger partial charge in [-0.1, -0.05) is 96.9 Å². The first kappa shape index (κ1) is 36.9. The predicted molar refractivity (Wildman–Crippen MR) is 162 cm³/mol. The maximum absolute atomic E-state index is 13.1. The van der Waals surface area contributed by atoms with Gasteiger partial charge in [0, 0.05) is 37.0 Å². The third kappa shape index (κ3) is 7.96. The molecule has 2 N–H and O–H groups in total. The lowest BCUT2D eigenvalue weighted by atomic mass is 9.49. The standard InChI is InChI=1S/C32H65N3O3/c1-19-33-24(36)30(12,13)28(8,9)21-35(18)38-22-29(10,11)32(16,17)27(6,7)20-26(4,5)31(14,15)25(37)34-23(2)3/h23H,19-22H2,1-18H3,(H,33,36)(H,34,37). The molecule has 0 aliphatic heterocycles. The summed E-state index contributed by atoms with van der Waals surface area (Å²) in [5, 5.41) is 8.01. The van der Waals surface area contributed by atoms with E-state index in [2.05, 4.69) is 93.7 Å². The van der Waals surface area contributed by atoms with Crippen LogP contribution in [0.2, 0.25) is 0 Å². The van der Waals surface area contributed by atoms with Crippen molar-refractivity contribution in [2.24, 2.45) is 37.9 Å². The van der Waals surface area contributed by atoms with Crippen LogP contribution in [0, 0.1) is 37.9 Å². The monoisotopic (exact) mass is 540 g/mol. The zero-order chi connectivity index (χ0) is 30.8. The lowest BCUT2D eigenvalue weighted by Crippen LogP contribution is -2.54. The molecule has 0 aliphatic rings. The molecule has 0 fully saturated rings. The highest BCUT2D eigenvalue weighted by molar-refractivity contribution is 5.83. The van der Waals surface area contributed by atoms with Gasteiger partial charge >= 0.3 is 0 Å². The topological polar surface area (TPSA) is 70.7 Å². The maximum Gasteiger partial charge on any atom is 0.226 e. The van der Waals surface area contributed by atoms with E-state index in [1.54, 1.807) is 0 Å². The third-order valence-corrected chi connectivity index (χ3v) is 10.8. The molecule has 0 aromatic carbocycles. The molecule has 0 aromatic heterocycles. The van der Waals surface area contributed by atoms with Crippen molar-refractivity contribution in [3.8, 4) is 0 Å². The number of hydrogen-bond donors (Lipinski definition) is 2. The molecule has 0 rings (SSSR count). The number of carbonyl (C=O) groups excluding carboxylic acids is 2. The van der Waals surface area contributed by atoms with Crippen LogP contribution < -0.4 is 10.6 Å². The van der Waals surface area contributed by atoms with Crippen LogP contribution in [0.4, 0.5) is 0 Å². The van der Waals surface area contributed by atoms with Gasteiger partial charge in [0.1, 0.15) is 0 Å². The summed E-state index contributed by atoms with van der Waals surface area (Å²) in [6.45, 7) is 38.5. The predicted octanol–water partition coefficient (Wildman–Crippen LogP) is 7.08. The number of hydroxylamine groups is 2. The smallest absolute Gasteiger partial charge is 0.226 e. The van der Waals surface area contributed by atoms with E-state index in [4.69, 9.17) is 4.84 Å². The number of hydrogen-bond acceptors (Lipinski definition) is 4. The molecule has 0 aromatic rings. The molecule has 2 amide bonds. The van der Waals surface area contributed by atoms with E-state index in [1.165, 1.54) is 0 Å². The maximum atomic E-state index is 13.1. The number of nitrogens with one attached hydrogen (secondary N) is 2. The molecule has 38 heavy (non-hydrogen) atoms. The average molecular weight is 540 g/mol. The second kappa shape index (κ2) is 12.2. The number of carbonyl (C=O) groups is 2. The molecule has 0 unspecified atom stereocenters. The van der Waals surface area contributed by atoms with E-state index in [0.29, 0.717) is 19.7 Å². The first-order valence-corrected chi connectivity index (χ1v) is 14.6. The molecule has 0 atom stereocenters. The van der Waals surface area contributed by atoms with E-state index >= 15 is 0 Å². The van der Waals surface area contributed by atoms with Gasteiger partial charge in [-0.05, 0) is 54.3 Å². The van der Waals surface area contributed by atoms with E-state index < -0.39 is 10.8 Å². The fraction of sp³-hybridized carbons (Fsp3) is 0.938. The Morgan fingerprint density at radius 1 is 0.711 bits per heavy atom. The first-order chi connectivity index (χ1) is 16.6. The quantitative estimate of drug-likeness (QED) is 0.218. The summed E-state index contributed by atoms with van der Waals surface area (Å²) in [6, 6.07) is 0.117. The van der Waals surface area contributed by atoms with Crippen LogP contribution in [0.15, 0.2) is 0 Å². The van der Waals surface area contributed by atoms with Gasteiger partial charge in [0.2, 0.25) is 11.8 Å². The van der Waals surface area contributed by atoms with Gasteiger partial charge in [-0.25, -0.2) is 0 Å². The van der Waals surface area contributed by atoms with Crippen LogP contribution in [0.1, 0.15) is 124 Å². The zero-order valence-electron chi connectivity index (χ0n) is 28.6. The third-order valence-electron chi connectivity index (χ3n) is 10.8. The first-order valence-electron chi connectivity index (χ1n) is 14.6. The van der Waals surface area contributed by atoms with Crippen LogP contribution in [-0.4, -0.2) is 49.7 Å². The Bertz CT molecular complexity index is 805.